The van der Waals surface area contributed by atoms with Gasteiger partial charge in [0.25, 0.3) is 0 Å². The molecule has 0 saturated carbocycles. The van der Waals surface area contributed by atoms with E-state index in [-0.39, 0.29) is 5.92 Å². The fourth-order valence-corrected chi connectivity index (χ4v) is 1.77. The van der Waals surface area contributed by atoms with Gasteiger partial charge in [-0.1, -0.05) is 20.8 Å². The summed E-state index contributed by atoms with van der Waals surface area (Å²) in [6.07, 6.45) is 2.76. The number of hydrogen-bond acceptors (Lipinski definition) is 3. The quantitative estimate of drug-likeness (QED) is 0.674. The van der Waals surface area contributed by atoms with E-state index in [2.05, 4.69) is 18.8 Å². The van der Waals surface area contributed by atoms with Crippen LogP contribution in [0.15, 0.2) is 6.20 Å². The molecule has 2 nitrogen and oxygen atoms in total. The molecule has 0 aliphatic rings. The minimum absolute atomic E-state index is 0.00463. The number of carbonyl (C=O) groups excluding carboxylic acids is 1. The topological polar surface area (TPSA) is 30.0 Å². The molecule has 0 saturated heterocycles. The maximum atomic E-state index is 10.5. The second kappa shape index (κ2) is 3.81. The maximum Gasteiger partial charge on any atom is 0.128 e. The molecule has 1 heterocycles. The molecular weight excluding hydrogens is 170 g/mol. The molecule has 0 amide bonds. The molecule has 3 heteroatoms. The molecule has 1 unspecified atom stereocenters. The van der Waals surface area contributed by atoms with Crippen molar-refractivity contribution in [3.05, 3.63) is 16.1 Å². The molecule has 0 aromatic carbocycles. The molecule has 0 aliphatic carbocycles. The second-order valence-electron chi connectivity index (χ2n) is 3.18. The van der Waals surface area contributed by atoms with E-state index in [0.717, 1.165) is 16.2 Å². The Morgan fingerprint density at radius 3 is 2.58 bits per heavy atom. The van der Waals surface area contributed by atoms with Crippen molar-refractivity contribution in [1.82, 2.24) is 4.98 Å². The van der Waals surface area contributed by atoms with E-state index < -0.39 is 0 Å². The standard InChI is InChI=1S/C9H13NOS/c1-6(2)9-10-4-8(12-9)7(3)5-11/h4-7H,1-3H3. The van der Waals surface area contributed by atoms with Crippen LogP contribution in [0, 0.1) is 0 Å². The van der Waals surface area contributed by atoms with E-state index >= 15 is 0 Å². The molecule has 0 aliphatic heterocycles. The zero-order chi connectivity index (χ0) is 9.14. The SMILES string of the molecule is CC(C)c1ncc(C(C)C=O)s1. The van der Waals surface area contributed by atoms with E-state index in [9.17, 15) is 4.79 Å². The van der Waals surface area contributed by atoms with Crippen LogP contribution >= 0.6 is 11.3 Å². The van der Waals surface area contributed by atoms with Crippen molar-refractivity contribution in [2.45, 2.75) is 32.6 Å². The van der Waals surface area contributed by atoms with E-state index in [1.54, 1.807) is 17.5 Å². The van der Waals surface area contributed by atoms with Gasteiger partial charge in [-0.05, 0) is 0 Å². The Morgan fingerprint density at radius 2 is 2.17 bits per heavy atom. The van der Waals surface area contributed by atoms with Crippen LogP contribution in [-0.4, -0.2) is 11.3 Å². The third kappa shape index (κ3) is 1.91. The molecule has 66 valence electrons. The summed E-state index contributed by atoms with van der Waals surface area (Å²) in [5.74, 6) is 0.456. The van der Waals surface area contributed by atoms with Gasteiger partial charge < -0.3 is 4.79 Å². The van der Waals surface area contributed by atoms with Gasteiger partial charge in [0, 0.05) is 22.9 Å². The first-order valence-electron chi connectivity index (χ1n) is 4.06. The minimum atomic E-state index is -0.00463. The molecular formula is C9H13NOS. The van der Waals surface area contributed by atoms with Crippen LogP contribution < -0.4 is 0 Å². The van der Waals surface area contributed by atoms with Crippen LogP contribution in [-0.2, 0) is 4.79 Å². The van der Waals surface area contributed by atoms with Crippen LogP contribution in [0.1, 0.15) is 42.5 Å². The highest BCUT2D eigenvalue weighted by Gasteiger charge is 2.10. The van der Waals surface area contributed by atoms with Crippen LogP contribution in [0.3, 0.4) is 0 Å². The molecule has 0 bridgehead atoms. The molecule has 1 aromatic heterocycles. The van der Waals surface area contributed by atoms with Gasteiger partial charge in [-0.15, -0.1) is 11.3 Å². The lowest BCUT2D eigenvalue weighted by Gasteiger charge is -1.97. The van der Waals surface area contributed by atoms with Crippen molar-refractivity contribution in [3.63, 3.8) is 0 Å². The van der Waals surface area contributed by atoms with Crippen molar-refractivity contribution < 1.29 is 4.79 Å². The maximum absolute atomic E-state index is 10.5. The molecule has 1 aromatic rings. The molecule has 12 heavy (non-hydrogen) atoms. The first-order chi connectivity index (χ1) is 5.65. The first-order valence-corrected chi connectivity index (χ1v) is 4.87. The molecule has 0 fully saturated rings. The molecule has 1 rings (SSSR count). The summed E-state index contributed by atoms with van der Waals surface area (Å²) >= 11 is 1.63. The van der Waals surface area contributed by atoms with E-state index in [1.807, 2.05) is 6.92 Å². The van der Waals surface area contributed by atoms with Gasteiger partial charge in [0.2, 0.25) is 0 Å². The van der Waals surface area contributed by atoms with Gasteiger partial charge in [-0.2, -0.15) is 0 Å². The second-order valence-corrected chi connectivity index (χ2v) is 4.27. The number of nitrogens with zero attached hydrogens (tertiary/aromatic N) is 1. The lowest BCUT2D eigenvalue weighted by molar-refractivity contribution is -0.108. The fourth-order valence-electron chi connectivity index (χ4n) is 0.845. The average Bonchev–Trinajstić information content (AvgIpc) is 2.51. The number of aromatic nitrogens is 1. The fraction of sp³-hybridized carbons (Fsp3) is 0.556. The Balaban J connectivity index is 2.83. The number of carbonyl (C=O) groups is 1. The number of thiazole rings is 1. The Hall–Kier alpha value is -0.700. The monoisotopic (exact) mass is 183 g/mol. The molecule has 0 N–H and O–H groups in total. The summed E-state index contributed by atoms with van der Waals surface area (Å²) in [4.78, 5) is 15.8. The van der Waals surface area contributed by atoms with Gasteiger partial charge in [0.05, 0.1) is 5.01 Å². The van der Waals surface area contributed by atoms with Crippen molar-refractivity contribution >= 4 is 17.6 Å². The zero-order valence-corrected chi connectivity index (χ0v) is 8.39. The summed E-state index contributed by atoms with van der Waals surface area (Å²) in [7, 11) is 0. The lowest BCUT2D eigenvalue weighted by atomic mass is 10.2. The predicted octanol–water partition coefficient (Wildman–Crippen LogP) is 2.57. The lowest BCUT2D eigenvalue weighted by Crippen LogP contribution is -1.88. The highest BCUT2D eigenvalue weighted by atomic mass is 32.1. The minimum Gasteiger partial charge on any atom is -0.303 e. The van der Waals surface area contributed by atoms with Gasteiger partial charge >= 0.3 is 0 Å². The van der Waals surface area contributed by atoms with Gasteiger partial charge in [-0.25, -0.2) is 4.98 Å². The van der Waals surface area contributed by atoms with Crippen LogP contribution in [0.25, 0.3) is 0 Å². The highest BCUT2D eigenvalue weighted by Crippen LogP contribution is 2.25. The van der Waals surface area contributed by atoms with E-state index in [1.165, 1.54) is 0 Å². The van der Waals surface area contributed by atoms with Gasteiger partial charge in [0.15, 0.2) is 0 Å². The van der Waals surface area contributed by atoms with E-state index in [4.69, 9.17) is 0 Å². The van der Waals surface area contributed by atoms with Crippen LogP contribution in [0.4, 0.5) is 0 Å². The summed E-state index contributed by atoms with van der Waals surface area (Å²) in [6.45, 7) is 6.10. The average molecular weight is 183 g/mol. The Kier molecular flexibility index (Phi) is 2.98. The van der Waals surface area contributed by atoms with Gasteiger partial charge in [0.1, 0.15) is 6.29 Å². The van der Waals surface area contributed by atoms with E-state index in [0.29, 0.717) is 5.92 Å². The third-order valence-electron chi connectivity index (χ3n) is 1.69. The molecule has 0 radical (unpaired) electrons. The van der Waals surface area contributed by atoms with Crippen LogP contribution in [0.2, 0.25) is 0 Å². The zero-order valence-electron chi connectivity index (χ0n) is 7.57. The molecule has 1 atom stereocenters. The van der Waals surface area contributed by atoms with Crippen LogP contribution in [0.5, 0.6) is 0 Å². The summed E-state index contributed by atoms with van der Waals surface area (Å²) in [6, 6.07) is 0. The van der Waals surface area contributed by atoms with Crippen molar-refractivity contribution in [3.8, 4) is 0 Å². The predicted molar refractivity (Wildman–Crippen MR) is 50.7 cm³/mol. The summed E-state index contributed by atoms with van der Waals surface area (Å²) in [5.41, 5.74) is 0. The smallest absolute Gasteiger partial charge is 0.128 e. The highest BCUT2D eigenvalue weighted by molar-refractivity contribution is 7.11. The van der Waals surface area contributed by atoms with Crippen molar-refractivity contribution in [1.29, 1.82) is 0 Å². The largest absolute Gasteiger partial charge is 0.303 e. The van der Waals surface area contributed by atoms with Crippen molar-refractivity contribution in [2.24, 2.45) is 0 Å². The molecule has 0 spiro atoms. The summed E-state index contributed by atoms with van der Waals surface area (Å²) in [5, 5.41) is 1.11. The number of rotatable bonds is 3. The van der Waals surface area contributed by atoms with Gasteiger partial charge in [-0.3, -0.25) is 0 Å². The Labute approximate surface area is 76.6 Å². The Morgan fingerprint density at radius 1 is 1.50 bits per heavy atom. The number of aldehydes is 1. The summed E-state index contributed by atoms with van der Waals surface area (Å²) < 4.78 is 0. The van der Waals surface area contributed by atoms with Crippen molar-refractivity contribution in [2.75, 3.05) is 0 Å². The number of hydrogen-bond donors (Lipinski definition) is 0. The normalized spacial score (nSPS) is 13.3. The first kappa shape index (κ1) is 9.39. The third-order valence-corrected chi connectivity index (χ3v) is 3.19. The Bertz CT molecular complexity index is 267.